The van der Waals surface area contributed by atoms with E-state index in [0.29, 0.717) is 22.5 Å². The van der Waals surface area contributed by atoms with E-state index in [1.807, 2.05) is 4.90 Å². The second-order valence-corrected chi connectivity index (χ2v) is 5.28. The summed E-state index contributed by atoms with van der Waals surface area (Å²) in [5, 5.41) is 0. The van der Waals surface area contributed by atoms with Crippen LogP contribution in [0.3, 0.4) is 0 Å². The number of H-pyrrole nitrogens is 2. The summed E-state index contributed by atoms with van der Waals surface area (Å²) in [6.07, 6.45) is 2.09. The number of imidazole rings is 1. The van der Waals surface area contributed by atoms with Crippen molar-refractivity contribution in [3.05, 3.63) is 34.2 Å². The summed E-state index contributed by atoms with van der Waals surface area (Å²) in [6.45, 7) is 3.81. The van der Waals surface area contributed by atoms with Crippen LogP contribution in [0, 0.1) is 5.92 Å². The molecule has 1 amide bonds. The standard InChI is InChI=1S/C14H17N3O2/c1-9-5-7-17(8-6-9)13(18)10-3-2-4-11-12(10)16-14(19)15-11/h2-4,9H,5-8H2,1H3,(H2,15,16,19). The first-order chi connectivity index (χ1) is 9.15. The summed E-state index contributed by atoms with van der Waals surface area (Å²) in [7, 11) is 0. The quantitative estimate of drug-likeness (QED) is 0.818. The SMILES string of the molecule is CC1CCN(C(=O)c2cccc3[nH]c(=O)[nH]c23)CC1. The van der Waals surface area contributed by atoms with Crippen molar-refractivity contribution in [1.29, 1.82) is 0 Å². The number of aromatic nitrogens is 2. The number of carbonyl (C=O) groups is 1. The lowest BCUT2D eigenvalue weighted by Crippen LogP contribution is -2.38. The van der Waals surface area contributed by atoms with Crippen LogP contribution in [0.1, 0.15) is 30.1 Å². The monoisotopic (exact) mass is 259 g/mol. The first-order valence-corrected chi connectivity index (χ1v) is 6.65. The number of benzene rings is 1. The van der Waals surface area contributed by atoms with Gasteiger partial charge in [-0.15, -0.1) is 0 Å². The Balaban J connectivity index is 1.95. The molecule has 0 unspecified atom stereocenters. The highest BCUT2D eigenvalue weighted by atomic mass is 16.2. The molecule has 0 bridgehead atoms. The number of hydrogen-bond acceptors (Lipinski definition) is 2. The molecule has 1 fully saturated rings. The van der Waals surface area contributed by atoms with Gasteiger partial charge in [-0.2, -0.15) is 0 Å². The van der Waals surface area contributed by atoms with Gasteiger partial charge in [-0.3, -0.25) is 4.79 Å². The first kappa shape index (κ1) is 12.0. The fourth-order valence-electron chi connectivity index (χ4n) is 2.62. The number of nitrogens with zero attached hydrogens (tertiary/aromatic N) is 1. The highest BCUT2D eigenvalue weighted by Gasteiger charge is 2.23. The van der Waals surface area contributed by atoms with E-state index in [1.165, 1.54) is 0 Å². The van der Waals surface area contributed by atoms with Crippen LogP contribution < -0.4 is 5.69 Å². The molecule has 0 radical (unpaired) electrons. The summed E-state index contributed by atoms with van der Waals surface area (Å²) >= 11 is 0. The number of aromatic amines is 2. The van der Waals surface area contributed by atoms with E-state index in [4.69, 9.17) is 0 Å². The van der Waals surface area contributed by atoms with Crippen LogP contribution in [0.2, 0.25) is 0 Å². The predicted molar refractivity (Wildman–Crippen MR) is 73.2 cm³/mol. The van der Waals surface area contributed by atoms with Crippen LogP contribution >= 0.6 is 0 Å². The van der Waals surface area contributed by atoms with Crippen LogP contribution in [0.5, 0.6) is 0 Å². The molecule has 2 N–H and O–H groups in total. The zero-order valence-corrected chi connectivity index (χ0v) is 10.9. The number of nitrogens with one attached hydrogen (secondary N) is 2. The Morgan fingerprint density at radius 2 is 2.00 bits per heavy atom. The molecule has 0 aliphatic carbocycles. The summed E-state index contributed by atoms with van der Waals surface area (Å²) in [4.78, 5) is 31.1. The summed E-state index contributed by atoms with van der Waals surface area (Å²) in [5.41, 5.74) is 1.59. The Morgan fingerprint density at radius 1 is 1.26 bits per heavy atom. The van der Waals surface area contributed by atoms with Gasteiger partial charge < -0.3 is 14.9 Å². The summed E-state index contributed by atoms with van der Waals surface area (Å²) in [5.74, 6) is 0.694. The lowest BCUT2D eigenvalue weighted by Gasteiger charge is -2.30. The van der Waals surface area contributed by atoms with E-state index >= 15 is 0 Å². The number of rotatable bonds is 1. The zero-order chi connectivity index (χ0) is 13.4. The van der Waals surface area contributed by atoms with Gasteiger partial charge in [0.05, 0.1) is 16.6 Å². The highest BCUT2D eigenvalue weighted by Crippen LogP contribution is 2.20. The van der Waals surface area contributed by atoms with Crippen LogP contribution in [0.15, 0.2) is 23.0 Å². The molecule has 0 atom stereocenters. The van der Waals surface area contributed by atoms with Gasteiger partial charge in [0.2, 0.25) is 0 Å². The van der Waals surface area contributed by atoms with Crippen LogP contribution in [0.4, 0.5) is 0 Å². The number of likely N-dealkylation sites (tertiary alicyclic amines) is 1. The maximum atomic E-state index is 12.5. The number of para-hydroxylation sites is 1. The van der Waals surface area contributed by atoms with Crippen molar-refractivity contribution in [2.75, 3.05) is 13.1 Å². The molecular weight excluding hydrogens is 242 g/mol. The van der Waals surface area contributed by atoms with Gasteiger partial charge in [-0.1, -0.05) is 13.0 Å². The molecular formula is C14H17N3O2. The second-order valence-electron chi connectivity index (χ2n) is 5.28. The van der Waals surface area contributed by atoms with E-state index < -0.39 is 0 Å². The Hall–Kier alpha value is -2.04. The molecule has 19 heavy (non-hydrogen) atoms. The third kappa shape index (κ3) is 2.16. The number of piperidine rings is 1. The van der Waals surface area contributed by atoms with Gasteiger partial charge in [0, 0.05) is 13.1 Å². The van der Waals surface area contributed by atoms with Crippen LogP contribution in [0.25, 0.3) is 11.0 Å². The molecule has 1 aromatic carbocycles. The number of carbonyl (C=O) groups excluding carboxylic acids is 1. The van der Waals surface area contributed by atoms with Gasteiger partial charge >= 0.3 is 5.69 Å². The molecule has 2 aromatic rings. The smallest absolute Gasteiger partial charge is 0.323 e. The minimum atomic E-state index is -0.275. The molecule has 5 nitrogen and oxygen atoms in total. The van der Waals surface area contributed by atoms with E-state index in [-0.39, 0.29) is 11.6 Å². The highest BCUT2D eigenvalue weighted by molar-refractivity contribution is 6.04. The topological polar surface area (TPSA) is 69.0 Å². The van der Waals surface area contributed by atoms with Crippen LogP contribution in [-0.4, -0.2) is 33.9 Å². The second kappa shape index (κ2) is 4.57. The molecule has 100 valence electrons. The minimum absolute atomic E-state index is 0.00718. The third-order valence-corrected chi connectivity index (χ3v) is 3.85. The largest absolute Gasteiger partial charge is 0.339 e. The molecule has 2 heterocycles. The van der Waals surface area contributed by atoms with Crippen molar-refractivity contribution < 1.29 is 4.79 Å². The first-order valence-electron chi connectivity index (χ1n) is 6.65. The fraction of sp³-hybridized carbons (Fsp3) is 0.429. The maximum Gasteiger partial charge on any atom is 0.323 e. The third-order valence-electron chi connectivity index (χ3n) is 3.85. The minimum Gasteiger partial charge on any atom is -0.339 e. The predicted octanol–water partition coefficient (Wildman–Crippen LogP) is 1.73. The molecule has 1 saturated heterocycles. The molecule has 5 heteroatoms. The van der Waals surface area contributed by atoms with Gasteiger partial charge in [-0.25, -0.2) is 4.79 Å². The van der Waals surface area contributed by atoms with Crippen molar-refractivity contribution in [2.45, 2.75) is 19.8 Å². The van der Waals surface area contributed by atoms with Gasteiger partial charge in [0.1, 0.15) is 0 Å². The Kier molecular flexibility index (Phi) is 2.89. The van der Waals surface area contributed by atoms with E-state index in [1.54, 1.807) is 18.2 Å². The summed E-state index contributed by atoms with van der Waals surface area (Å²) in [6, 6.07) is 5.36. The van der Waals surface area contributed by atoms with Crippen molar-refractivity contribution in [1.82, 2.24) is 14.9 Å². The Labute approximate surface area is 110 Å². The van der Waals surface area contributed by atoms with E-state index in [2.05, 4.69) is 16.9 Å². The fourth-order valence-corrected chi connectivity index (χ4v) is 2.62. The molecule has 0 spiro atoms. The number of fused-ring (bicyclic) bond motifs is 1. The average Bonchev–Trinajstić information content (AvgIpc) is 2.78. The van der Waals surface area contributed by atoms with Crippen molar-refractivity contribution >= 4 is 16.9 Å². The zero-order valence-electron chi connectivity index (χ0n) is 10.9. The lowest BCUT2D eigenvalue weighted by atomic mass is 9.98. The van der Waals surface area contributed by atoms with Crippen molar-refractivity contribution in [3.8, 4) is 0 Å². The van der Waals surface area contributed by atoms with Crippen molar-refractivity contribution in [2.24, 2.45) is 5.92 Å². The molecule has 1 aromatic heterocycles. The molecule has 3 rings (SSSR count). The maximum absolute atomic E-state index is 12.5. The lowest BCUT2D eigenvalue weighted by molar-refractivity contribution is 0.0699. The van der Waals surface area contributed by atoms with Crippen molar-refractivity contribution in [3.63, 3.8) is 0 Å². The number of hydrogen-bond donors (Lipinski definition) is 2. The van der Waals surface area contributed by atoms with E-state index in [0.717, 1.165) is 25.9 Å². The Bertz CT molecular complexity index is 663. The van der Waals surface area contributed by atoms with Gasteiger partial charge in [0.15, 0.2) is 0 Å². The van der Waals surface area contributed by atoms with E-state index in [9.17, 15) is 9.59 Å². The summed E-state index contributed by atoms with van der Waals surface area (Å²) < 4.78 is 0. The number of amides is 1. The van der Waals surface area contributed by atoms with Crippen LogP contribution in [-0.2, 0) is 0 Å². The molecule has 1 aliphatic heterocycles. The normalized spacial score (nSPS) is 17.0. The van der Waals surface area contributed by atoms with Gasteiger partial charge in [0.25, 0.3) is 5.91 Å². The molecule has 0 saturated carbocycles. The Morgan fingerprint density at radius 3 is 2.74 bits per heavy atom. The van der Waals surface area contributed by atoms with Gasteiger partial charge in [-0.05, 0) is 30.9 Å². The average molecular weight is 259 g/mol. The molecule has 1 aliphatic rings.